The Labute approximate surface area is 217 Å². The third-order valence-corrected chi connectivity index (χ3v) is 7.72. The maximum atomic E-state index is 6.72. The summed E-state index contributed by atoms with van der Waals surface area (Å²) in [7, 11) is 2.14. The first kappa shape index (κ1) is 23.1. The molecule has 6 rings (SSSR count). The summed E-state index contributed by atoms with van der Waals surface area (Å²) in [5, 5.41) is 14.3. The third-order valence-electron chi connectivity index (χ3n) is 6.43. The Balaban J connectivity index is 1.27. The van der Waals surface area contributed by atoms with Crippen molar-refractivity contribution in [2.75, 3.05) is 38.5 Å². The summed E-state index contributed by atoms with van der Waals surface area (Å²) < 4.78 is 6.36. The summed E-state index contributed by atoms with van der Waals surface area (Å²) in [5.41, 5.74) is 2.98. The molecule has 3 N–H and O–H groups in total. The van der Waals surface area contributed by atoms with Crippen molar-refractivity contribution >= 4 is 51.5 Å². The number of aromatic amines is 2. The van der Waals surface area contributed by atoms with Gasteiger partial charge in [-0.3, -0.25) is 5.10 Å². The highest BCUT2D eigenvalue weighted by Crippen LogP contribution is 2.34. The molecule has 0 spiro atoms. The molecule has 0 aliphatic carbocycles. The van der Waals surface area contributed by atoms with E-state index in [0.29, 0.717) is 29.0 Å². The number of nitrogens with one attached hydrogen (secondary N) is 3. The molecule has 1 fully saturated rings. The normalized spacial score (nSPS) is 18.9. The van der Waals surface area contributed by atoms with Crippen LogP contribution in [0.15, 0.2) is 51.8 Å². The molecule has 3 aromatic heterocycles. The minimum Gasteiger partial charge on any atom is -0.467 e. The van der Waals surface area contributed by atoms with Crippen molar-refractivity contribution in [1.29, 1.82) is 0 Å². The van der Waals surface area contributed by atoms with E-state index in [0.717, 1.165) is 59.2 Å². The Morgan fingerprint density at radius 2 is 2.03 bits per heavy atom. The molecule has 186 valence electrons. The second kappa shape index (κ2) is 9.61. The molecule has 9 nitrogen and oxygen atoms in total. The fourth-order valence-electron chi connectivity index (χ4n) is 4.51. The van der Waals surface area contributed by atoms with E-state index >= 15 is 0 Å². The van der Waals surface area contributed by atoms with E-state index in [1.54, 1.807) is 11.3 Å². The maximum Gasteiger partial charge on any atom is 0.228 e. The molecule has 1 atom stereocenters. The third kappa shape index (κ3) is 4.71. The van der Waals surface area contributed by atoms with Crippen molar-refractivity contribution < 1.29 is 4.74 Å². The number of ether oxygens (including phenoxy) is 1. The summed E-state index contributed by atoms with van der Waals surface area (Å²) >= 11 is 8.38. The van der Waals surface area contributed by atoms with Crippen molar-refractivity contribution in [1.82, 2.24) is 25.0 Å². The van der Waals surface area contributed by atoms with Gasteiger partial charge in [0, 0.05) is 48.8 Å². The number of thiophene rings is 1. The Morgan fingerprint density at radius 1 is 1.17 bits per heavy atom. The van der Waals surface area contributed by atoms with Crippen LogP contribution in [0.4, 0.5) is 5.82 Å². The van der Waals surface area contributed by atoms with Gasteiger partial charge in [0.2, 0.25) is 12.2 Å². The van der Waals surface area contributed by atoms with E-state index in [2.05, 4.69) is 43.4 Å². The average molecular weight is 523 g/mol. The Bertz CT molecular complexity index is 1430. The van der Waals surface area contributed by atoms with Gasteiger partial charge in [-0.2, -0.15) is 10.1 Å². The second-order valence-corrected chi connectivity index (χ2v) is 10.4. The lowest BCUT2D eigenvalue weighted by Crippen LogP contribution is -2.49. The number of fused-ring (bicyclic) bond motifs is 1. The van der Waals surface area contributed by atoms with E-state index < -0.39 is 6.23 Å². The van der Waals surface area contributed by atoms with Crippen LogP contribution in [0.25, 0.3) is 21.5 Å². The summed E-state index contributed by atoms with van der Waals surface area (Å²) in [6.45, 7) is 5.82. The van der Waals surface area contributed by atoms with Gasteiger partial charge in [0.1, 0.15) is 11.6 Å². The highest BCUT2D eigenvalue weighted by Gasteiger charge is 2.27. The van der Waals surface area contributed by atoms with E-state index in [4.69, 9.17) is 26.3 Å². The predicted molar refractivity (Wildman–Crippen MR) is 147 cm³/mol. The van der Waals surface area contributed by atoms with Crippen LogP contribution in [0.5, 0.6) is 5.75 Å². The van der Waals surface area contributed by atoms with Crippen LogP contribution in [0.1, 0.15) is 12.1 Å². The molecule has 36 heavy (non-hydrogen) atoms. The topological polar surface area (TPSA) is 96.9 Å². The number of rotatable bonds is 4. The molecule has 0 saturated carbocycles. The number of hydrogen-bond acceptors (Lipinski definition) is 8. The predicted octanol–water partition coefficient (Wildman–Crippen LogP) is 4.80. The highest BCUT2D eigenvalue weighted by molar-refractivity contribution is 7.13. The van der Waals surface area contributed by atoms with E-state index in [1.807, 2.05) is 42.6 Å². The van der Waals surface area contributed by atoms with Crippen LogP contribution in [0, 0.1) is 6.92 Å². The van der Waals surface area contributed by atoms with Crippen LogP contribution >= 0.6 is 22.9 Å². The molecule has 0 amide bonds. The van der Waals surface area contributed by atoms with Crippen LogP contribution in [0.2, 0.25) is 5.02 Å². The molecule has 0 bridgehead atoms. The smallest absolute Gasteiger partial charge is 0.228 e. The van der Waals surface area contributed by atoms with Crippen molar-refractivity contribution in [3.8, 4) is 16.3 Å². The van der Waals surface area contributed by atoms with Crippen LogP contribution in [0.3, 0.4) is 0 Å². The quantitative estimate of drug-likeness (QED) is 0.357. The SMILES string of the molecule is Cc1cc2c(Cl)c(OC3CC(N4CCN(C)CC4)=NC(Nc4cc(-c5cccs5)[nH]n4)=N3)ccc2[nH]1. The summed E-state index contributed by atoms with van der Waals surface area (Å²) in [5.74, 6) is 2.69. The molecule has 1 aromatic carbocycles. The molecule has 2 aliphatic heterocycles. The largest absolute Gasteiger partial charge is 0.467 e. The minimum absolute atomic E-state index is 0.467. The molecule has 2 aliphatic rings. The lowest BCUT2D eigenvalue weighted by atomic mass is 10.2. The zero-order chi connectivity index (χ0) is 24.6. The number of guanidine groups is 1. The van der Waals surface area contributed by atoms with E-state index in [1.165, 1.54) is 0 Å². The van der Waals surface area contributed by atoms with Crippen molar-refractivity contribution in [3.63, 3.8) is 0 Å². The van der Waals surface area contributed by atoms with Gasteiger partial charge < -0.3 is 24.8 Å². The number of H-pyrrole nitrogens is 2. The van der Waals surface area contributed by atoms with Gasteiger partial charge in [-0.15, -0.1) is 11.3 Å². The molecule has 0 radical (unpaired) electrons. The highest BCUT2D eigenvalue weighted by atomic mass is 35.5. The van der Waals surface area contributed by atoms with E-state index in [9.17, 15) is 0 Å². The second-order valence-electron chi connectivity index (χ2n) is 9.11. The molecule has 1 unspecified atom stereocenters. The van der Waals surface area contributed by atoms with Gasteiger partial charge in [-0.05, 0) is 43.6 Å². The molecule has 11 heteroatoms. The number of aryl methyl sites for hydroxylation is 1. The van der Waals surface area contributed by atoms with Crippen molar-refractivity contribution in [2.45, 2.75) is 19.6 Å². The number of likely N-dealkylation sites (N-methyl/N-ethyl adjacent to an activating group) is 1. The Kier molecular flexibility index (Phi) is 6.16. The number of hydrogen-bond donors (Lipinski definition) is 3. The maximum absolute atomic E-state index is 6.72. The lowest BCUT2D eigenvalue weighted by molar-refractivity contribution is 0.191. The molecular weight excluding hydrogens is 496 g/mol. The summed E-state index contributed by atoms with van der Waals surface area (Å²) in [6, 6.07) is 11.9. The zero-order valence-corrected chi connectivity index (χ0v) is 21.7. The number of amidine groups is 1. The number of anilines is 1. The number of piperazine rings is 1. The zero-order valence-electron chi connectivity index (χ0n) is 20.1. The number of aliphatic imine (C=N–C) groups is 2. The van der Waals surface area contributed by atoms with Gasteiger partial charge in [0.15, 0.2) is 5.82 Å². The molecule has 5 heterocycles. The number of aromatic nitrogens is 3. The van der Waals surface area contributed by atoms with Crippen molar-refractivity contribution in [2.24, 2.45) is 9.98 Å². The minimum atomic E-state index is -0.467. The van der Waals surface area contributed by atoms with Crippen LogP contribution in [-0.2, 0) is 0 Å². The van der Waals surface area contributed by atoms with Gasteiger partial charge >= 0.3 is 0 Å². The molecule has 4 aromatic rings. The van der Waals surface area contributed by atoms with Gasteiger partial charge in [-0.1, -0.05) is 17.7 Å². The first-order valence-electron chi connectivity index (χ1n) is 11.9. The monoisotopic (exact) mass is 522 g/mol. The van der Waals surface area contributed by atoms with Gasteiger partial charge in [-0.25, -0.2) is 4.99 Å². The number of nitrogens with zero attached hydrogens (tertiary/aromatic N) is 5. The summed E-state index contributed by atoms with van der Waals surface area (Å²) in [6.07, 6.45) is 0.0986. The first-order valence-corrected chi connectivity index (χ1v) is 13.2. The van der Waals surface area contributed by atoms with Gasteiger partial charge in [0.05, 0.1) is 22.0 Å². The molecular formula is C25H27ClN8OS. The Hall–Kier alpha value is -3.34. The fourth-order valence-corrected chi connectivity index (χ4v) is 5.47. The van der Waals surface area contributed by atoms with E-state index in [-0.39, 0.29) is 0 Å². The van der Waals surface area contributed by atoms with Crippen LogP contribution < -0.4 is 10.1 Å². The number of halogens is 1. The lowest BCUT2D eigenvalue weighted by Gasteiger charge is -2.36. The molecule has 1 saturated heterocycles. The van der Waals surface area contributed by atoms with Gasteiger partial charge in [0.25, 0.3) is 0 Å². The number of benzene rings is 1. The standard InChI is InChI=1S/C25H27ClN8OS/c1-15-12-16-17(27-15)5-6-19(24(16)26)35-23-14-22(34-9-7-33(2)8-10-34)29-25(30-23)28-21-13-18(31-32-21)20-4-3-11-36-20/h3-6,11-13,23,27H,7-10,14H2,1-2H3,(H2,28,30,31,32). The van der Waals surface area contributed by atoms with Crippen molar-refractivity contribution in [3.05, 3.63) is 52.5 Å². The average Bonchev–Trinajstić information content (AvgIpc) is 3.62. The summed E-state index contributed by atoms with van der Waals surface area (Å²) in [4.78, 5) is 18.7. The fraction of sp³-hybridized carbons (Fsp3) is 0.320. The first-order chi connectivity index (χ1) is 17.5. The van der Waals surface area contributed by atoms with Crippen LogP contribution in [-0.4, -0.2) is 76.2 Å². The Morgan fingerprint density at radius 3 is 2.83 bits per heavy atom.